The van der Waals surface area contributed by atoms with Gasteiger partial charge in [0.25, 0.3) is 0 Å². The van der Waals surface area contributed by atoms with E-state index < -0.39 is 5.82 Å². The lowest BCUT2D eigenvalue weighted by Gasteiger charge is -2.42. The van der Waals surface area contributed by atoms with Gasteiger partial charge in [0.05, 0.1) is 5.56 Å². The molecule has 2 fully saturated rings. The summed E-state index contributed by atoms with van der Waals surface area (Å²) in [5.41, 5.74) is 2.12. The van der Waals surface area contributed by atoms with Crippen LogP contribution in [0, 0.1) is 24.1 Å². The monoisotopic (exact) mass is 291 g/mol. The number of fused-ring (bicyclic) bond motifs is 1. The number of thioether (sulfide) groups is 1. The summed E-state index contributed by atoms with van der Waals surface area (Å²) in [6.45, 7) is 6.04. The van der Waals surface area contributed by atoms with E-state index in [1.165, 1.54) is 6.07 Å². The second-order valence-corrected chi connectivity index (χ2v) is 6.66. The quantitative estimate of drug-likeness (QED) is 0.860. The Kier molecular flexibility index (Phi) is 3.97. The topological polar surface area (TPSA) is 39.1 Å². The summed E-state index contributed by atoms with van der Waals surface area (Å²) in [6, 6.07) is 5.89. The van der Waals surface area contributed by atoms with Gasteiger partial charge in [-0.3, -0.25) is 4.90 Å². The Labute approximate surface area is 123 Å². The Morgan fingerprint density at radius 1 is 1.50 bits per heavy atom. The molecule has 3 rings (SSSR count). The van der Waals surface area contributed by atoms with Crippen molar-refractivity contribution >= 4 is 11.8 Å². The first-order chi connectivity index (χ1) is 9.70. The van der Waals surface area contributed by atoms with Crippen LogP contribution in [0.4, 0.5) is 4.39 Å². The minimum atomic E-state index is -0.408. The van der Waals surface area contributed by atoms with Gasteiger partial charge in [-0.15, -0.1) is 0 Å². The van der Waals surface area contributed by atoms with Crippen molar-refractivity contribution in [1.29, 1.82) is 5.26 Å². The third kappa shape index (κ3) is 2.44. The average Bonchev–Trinajstić information content (AvgIpc) is 2.47. The van der Waals surface area contributed by atoms with Crippen molar-refractivity contribution in [3.8, 4) is 6.07 Å². The van der Waals surface area contributed by atoms with Gasteiger partial charge < -0.3 is 5.32 Å². The SMILES string of the molecule is Cc1c(C2CN3CCNC[C@H]3CS2)ccc(F)c1C#N. The third-order valence-electron chi connectivity index (χ3n) is 4.28. The van der Waals surface area contributed by atoms with Crippen molar-refractivity contribution < 1.29 is 4.39 Å². The number of nitriles is 1. The van der Waals surface area contributed by atoms with Crippen LogP contribution in [0.1, 0.15) is 21.9 Å². The minimum absolute atomic E-state index is 0.200. The molecule has 0 amide bonds. The van der Waals surface area contributed by atoms with Crippen LogP contribution in [-0.4, -0.2) is 42.9 Å². The van der Waals surface area contributed by atoms with Gasteiger partial charge in [-0.1, -0.05) is 6.07 Å². The van der Waals surface area contributed by atoms with Crippen molar-refractivity contribution in [1.82, 2.24) is 10.2 Å². The first kappa shape index (κ1) is 13.9. The molecular weight excluding hydrogens is 273 g/mol. The largest absolute Gasteiger partial charge is 0.314 e. The number of hydrogen-bond donors (Lipinski definition) is 1. The van der Waals surface area contributed by atoms with E-state index in [4.69, 9.17) is 5.26 Å². The fraction of sp³-hybridized carbons (Fsp3) is 0.533. The van der Waals surface area contributed by atoms with Crippen molar-refractivity contribution in [3.05, 3.63) is 34.6 Å². The molecule has 2 saturated heterocycles. The van der Waals surface area contributed by atoms with Crippen LogP contribution < -0.4 is 5.32 Å². The van der Waals surface area contributed by atoms with Crippen LogP contribution in [0.25, 0.3) is 0 Å². The Morgan fingerprint density at radius 3 is 3.15 bits per heavy atom. The Balaban J connectivity index is 1.85. The van der Waals surface area contributed by atoms with E-state index in [1.807, 2.05) is 30.8 Å². The number of halogens is 1. The van der Waals surface area contributed by atoms with Crippen LogP contribution in [0.5, 0.6) is 0 Å². The molecule has 0 spiro atoms. The second-order valence-electron chi connectivity index (χ2n) is 5.42. The maximum Gasteiger partial charge on any atom is 0.141 e. The van der Waals surface area contributed by atoms with E-state index >= 15 is 0 Å². The van der Waals surface area contributed by atoms with Crippen LogP contribution in [0.3, 0.4) is 0 Å². The van der Waals surface area contributed by atoms with E-state index in [-0.39, 0.29) is 5.56 Å². The minimum Gasteiger partial charge on any atom is -0.314 e. The number of piperazine rings is 1. The molecular formula is C15H18FN3S. The van der Waals surface area contributed by atoms with Crippen molar-refractivity contribution in [2.45, 2.75) is 18.2 Å². The van der Waals surface area contributed by atoms with E-state index in [2.05, 4.69) is 10.2 Å². The lowest BCUT2D eigenvalue weighted by Crippen LogP contribution is -2.55. The molecule has 106 valence electrons. The molecule has 2 aliphatic rings. The van der Waals surface area contributed by atoms with Gasteiger partial charge in [-0.25, -0.2) is 4.39 Å². The average molecular weight is 291 g/mol. The summed E-state index contributed by atoms with van der Waals surface area (Å²) < 4.78 is 13.6. The summed E-state index contributed by atoms with van der Waals surface area (Å²) in [4.78, 5) is 2.52. The molecule has 20 heavy (non-hydrogen) atoms. The zero-order chi connectivity index (χ0) is 14.1. The first-order valence-corrected chi connectivity index (χ1v) is 8.01. The summed E-state index contributed by atoms with van der Waals surface area (Å²) in [6.07, 6.45) is 0. The molecule has 2 atom stereocenters. The molecule has 2 aliphatic heterocycles. The lowest BCUT2D eigenvalue weighted by molar-refractivity contribution is 0.170. The Morgan fingerprint density at radius 2 is 2.35 bits per heavy atom. The third-order valence-corrected chi connectivity index (χ3v) is 5.66. The predicted molar refractivity (Wildman–Crippen MR) is 79.3 cm³/mol. The number of rotatable bonds is 1. The molecule has 1 aromatic carbocycles. The standard InChI is InChI=1S/C15H18FN3S/c1-10-12(2-3-14(16)13(10)6-17)15-8-19-5-4-18-7-11(19)9-20-15/h2-3,11,15,18H,4-5,7-9H2,1H3/t11-,15?/m0/s1. The molecule has 0 aromatic heterocycles. The number of benzene rings is 1. The van der Waals surface area contributed by atoms with Crippen molar-refractivity contribution in [3.63, 3.8) is 0 Å². The van der Waals surface area contributed by atoms with Crippen LogP contribution in [-0.2, 0) is 0 Å². The van der Waals surface area contributed by atoms with Gasteiger partial charge in [-0.05, 0) is 24.1 Å². The summed E-state index contributed by atoms with van der Waals surface area (Å²) in [5.74, 6) is 0.686. The summed E-state index contributed by atoms with van der Waals surface area (Å²) in [5, 5.41) is 12.9. The lowest BCUT2D eigenvalue weighted by atomic mass is 9.99. The molecule has 3 nitrogen and oxygen atoms in total. The molecule has 0 radical (unpaired) electrons. The van der Waals surface area contributed by atoms with E-state index in [1.54, 1.807) is 0 Å². The normalized spacial score (nSPS) is 26.9. The van der Waals surface area contributed by atoms with Gasteiger partial charge in [0.2, 0.25) is 0 Å². The van der Waals surface area contributed by atoms with Gasteiger partial charge in [0, 0.05) is 43.2 Å². The van der Waals surface area contributed by atoms with Crippen LogP contribution >= 0.6 is 11.8 Å². The maximum absolute atomic E-state index is 13.6. The predicted octanol–water partition coefficient (Wildman–Crippen LogP) is 2.07. The summed E-state index contributed by atoms with van der Waals surface area (Å²) in [7, 11) is 0. The highest BCUT2D eigenvalue weighted by molar-refractivity contribution is 7.99. The Bertz CT molecular complexity index is 555. The first-order valence-electron chi connectivity index (χ1n) is 6.96. The zero-order valence-corrected chi connectivity index (χ0v) is 12.3. The number of hydrogen-bond acceptors (Lipinski definition) is 4. The molecule has 2 heterocycles. The van der Waals surface area contributed by atoms with E-state index in [9.17, 15) is 4.39 Å². The molecule has 0 aliphatic carbocycles. The molecule has 1 N–H and O–H groups in total. The fourth-order valence-corrected chi connectivity index (χ4v) is 4.58. The number of nitrogens with zero attached hydrogens (tertiary/aromatic N) is 2. The Hall–Kier alpha value is -1.09. The van der Waals surface area contributed by atoms with Gasteiger partial charge in [0.1, 0.15) is 11.9 Å². The maximum atomic E-state index is 13.6. The van der Waals surface area contributed by atoms with Gasteiger partial charge in [0.15, 0.2) is 0 Å². The zero-order valence-electron chi connectivity index (χ0n) is 11.5. The summed E-state index contributed by atoms with van der Waals surface area (Å²) >= 11 is 1.93. The molecule has 1 aromatic rings. The molecule has 1 unspecified atom stereocenters. The molecule has 5 heteroatoms. The highest BCUT2D eigenvalue weighted by Gasteiger charge is 2.32. The number of nitrogens with one attached hydrogen (secondary N) is 1. The van der Waals surface area contributed by atoms with E-state index in [0.717, 1.165) is 43.1 Å². The molecule has 0 bridgehead atoms. The van der Waals surface area contributed by atoms with Crippen LogP contribution in [0.15, 0.2) is 12.1 Å². The van der Waals surface area contributed by atoms with Gasteiger partial charge in [-0.2, -0.15) is 17.0 Å². The fourth-order valence-electron chi connectivity index (χ4n) is 3.07. The van der Waals surface area contributed by atoms with Gasteiger partial charge >= 0.3 is 0 Å². The second kappa shape index (κ2) is 5.72. The van der Waals surface area contributed by atoms with Crippen LogP contribution in [0.2, 0.25) is 0 Å². The highest BCUT2D eigenvalue weighted by Crippen LogP contribution is 2.38. The highest BCUT2D eigenvalue weighted by atomic mass is 32.2. The van der Waals surface area contributed by atoms with Crippen molar-refractivity contribution in [2.75, 3.05) is 31.9 Å². The smallest absolute Gasteiger partial charge is 0.141 e. The van der Waals surface area contributed by atoms with E-state index in [0.29, 0.717) is 11.3 Å². The van der Waals surface area contributed by atoms with Crippen molar-refractivity contribution in [2.24, 2.45) is 0 Å². The molecule has 0 saturated carbocycles.